The minimum absolute atomic E-state index is 0.0617. The zero-order valence-electron chi connectivity index (χ0n) is 20.7. The van der Waals surface area contributed by atoms with Crippen molar-refractivity contribution in [1.29, 1.82) is 0 Å². The van der Waals surface area contributed by atoms with E-state index in [-0.39, 0.29) is 34.4 Å². The maximum Gasteiger partial charge on any atom is 0.416 e. The monoisotopic (exact) mass is 589 g/mol. The molecule has 5 rings (SSSR count). The van der Waals surface area contributed by atoms with E-state index in [1.807, 2.05) is 0 Å². The van der Waals surface area contributed by atoms with E-state index < -0.39 is 36.1 Å². The highest BCUT2D eigenvalue weighted by molar-refractivity contribution is 6.31. The van der Waals surface area contributed by atoms with Crippen molar-refractivity contribution in [3.05, 3.63) is 118 Å². The molecule has 3 aromatic heterocycles. The van der Waals surface area contributed by atoms with Crippen LogP contribution in [0.25, 0.3) is 22.8 Å². The largest absolute Gasteiger partial charge is 0.416 e. The lowest BCUT2D eigenvalue weighted by Gasteiger charge is -2.17. The first-order chi connectivity index (χ1) is 19.4. The Balaban J connectivity index is 1.66. The molecular formula is C28H18ClF6N5O. The van der Waals surface area contributed by atoms with E-state index in [1.165, 1.54) is 12.4 Å². The van der Waals surface area contributed by atoms with Gasteiger partial charge in [0.15, 0.2) is 0 Å². The fourth-order valence-electron chi connectivity index (χ4n) is 4.32. The van der Waals surface area contributed by atoms with Crippen LogP contribution in [-0.2, 0) is 18.9 Å². The quantitative estimate of drug-likeness (QED) is 0.212. The molecule has 1 atom stereocenters. The molecule has 3 heterocycles. The molecule has 5 aromatic rings. The molecule has 0 radical (unpaired) electrons. The van der Waals surface area contributed by atoms with Crippen LogP contribution < -0.4 is 0 Å². The van der Waals surface area contributed by atoms with E-state index >= 15 is 0 Å². The van der Waals surface area contributed by atoms with Crippen LogP contribution in [0.1, 0.15) is 33.9 Å². The van der Waals surface area contributed by atoms with Crippen molar-refractivity contribution >= 4 is 11.6 Å². The summed E-state index contributed by atoms with van der Waals surface area (Å²) in [5, 5.41) is 19.8. The second kappa shape index (κ2) is 10.9. The average molecular weight is 590 g/mol. The first-order valence-corrected chi connectivity index (χ1v) is 12.3. The molecule has 1 unspecified atom stereocenters. The lowest BCUT2D eigenvalue weighted by Crippen LogP contribution is -2.13. The van der Waals surface area contributed by atoms with Gasteiger partial charge in [-0.05, 0) is 48.0 Å². The zero-order valence-corrected chi connectivity index (χ0v) is 21.5. The first-order valence-electron chi connectivity index (χ1n) is 11.9. The van der Waals surface area contributed by atoms with Gasteiger partial charge in [0.2, 0.25) is 0 Å². The average Bonchev–Trinajstić information content (AvgIpc) is 3.35. The normalized spacial score (nSPS) is 12.9. The summed E-state index contributed by atoms with van der Waals surface area (Å²) < 4.78 is 82.0. The van der Waals surface area contributed by atoms with E-state index in [0.717, 1.165) is 4.68 Å². The van der Waals surface area contributed by atoms with Crippen molar-refractivity contribution in [2.45, 2.75) is 25.0 Å². The molecule has 1 N–H and O–H groups in total. The van der Waals surface area contributed by atoms with Crippen LogP contribution in [0, 0.1) is 0 Å². The molecule has 0 amide bonds. The molecule has 0 bridgehead atoms. The van der Waals surface area contributed by atoms with Gasteiger partial charge in [-0.1, -0.05) is 47.1 Å². The SMILES string of the molecule is OC(c1ccccc1Cl)c1cccnc1-c1nnn(Cc2cc(C(F)(F)F)cc(C(F)(F)F)c2)c1-c1ccccn1. The second-order valence-corrected chi connectivity index (χ2v) is 9.35. The predicted octanol–water partition coefficient (Wildman–Crippen LogP) is 7.22. The van der Waals surface area contributed by atoms with E-state index in [0.29, 0.717) is 28.3 Å². The standard InChI is InChI=1S/C28H18ClF6N5O/c29-21-8-2-1-6-19(21)26(41)20-7-5-11-37-23(20)24-25(22-9-3-4-10-36-22)40(39-38-24)15-16-12-17(27(30,31)32)14-18(13-16)28(33,34)35/h1-14,26,41H,15H2. The Morgan fingerprint density at radius 3 is 2.02 bits per heavy atom. The van der Waals surface area contributed by atoms with E-state index in [4.69, 9.17) is 11.6 Å². The molecule has 2 aromatic carbocycles. The van der Waals surface area contributed by atoms with Crippen LogP contribution in [0.2, 0.25) is 5.02 Å². The highest BCUT2D eigenvalue weighted by Crippen LogP contribution is 2.38. The summed E-state index contributed by atoms with van der Waals surface area (Å²) in [6, 6.07) is 16.0. The number of aromatic nitrogens is 5. The summed E-state index contributed by atoms with van der Waals surface area (Å²) in [5.74, 6) is 0. The van der Waals surface area contributed by atoms with Crippen LogP contribution in [-0.4, -0.2) is 30.1 Å². The third-order valence-corrected chi connectivity index (χ3v) is 6.52. The topological polar surface area (TPSA) is 76.7 Å². The second-order valence-electron chi connectivity index (χ2n) is 8.94. The number of benzene rings is 2. The number of pyridine rings is 2. The number of halogens is 7. The summed E-state index contributed by atoms with van der Waals surface area (Å²) in [6.45, 7) is -0.499. The Bertz CT molecular complexity index is 1660. The summed E-state index contributed by atoms with van der Waals surface area (Å²) in [7, 11) is 0. The highest BCUT2D eigenvalue weighted by Gasteiger charge is 2.37. The fourth-order valence-corrected chi connectivity index (χ4v) is 4.56. The molecule has 0 aliphatic heterocycles. The Labute approximate surface area is 233 Å². The van der Waals surface area contributed by atoms with Gasteiger partial charge in [0.25, 0.3) is 0 Å². The van der Waals surface area contributed by atoms with Gasteiger partial charge in [0, 0.05) is 28.5 Å². The molecule has 41 heavy (non-hydrogen) atoms. The van der Waals surface area contributed by atoms with E-state index in [2.05, 4.69) is 20.3 Å². The number of aliphatic hydroxyl groups is 1. The van der Waals surface area contributed by atoms with Crippen LogP contribution in [0.5, 0.6) is 0 Å². The smallest absolute Gasteiger partial charge is 0.384 e. The Morgan fingerprint density at radius 1 is 0.756 bits per heavy atom. The molecule has 0 aliphatic rings. The lowest BCUT2D eigenvalue weighted by molar-refractivity contribution is -0.143. The number of hydrogen-bond acceptors (Lipinski definition) is 5. The molecule has 13 heteroatoms. The van der Waals surface area contributed by atoms with Gasteiger partial charge in [-0.15, -0.1) is 5.10 Å². The first kappa shape index (κ1) is 28.2. The zero-order chi connectivity index (χ0) is 29.4. The number of rotatable bonds is 6. The maximum absolute atomic E-state index is 13.5. The number of hydrogen-bond donors (Lipinski definition) is 1. The Hall–Kier alpha value is -4.29. The van der Waals surface area contributed by atoms with Crippen LogP contribution >= 0.6 is 11.6 Å². The van der Waals surface area contributed by atoms with Gasteiger partial charge in [-0.2, -0.15) is 26.3 Å². The van der Waals surface area contributed by atoms with Gasteiger partial charge in [-0.3, -0.25) is 9.97 Å². The third kappa shape index (κ3) is 5.93. The Morgan fingerprint density at radius 2 is 1.39 bits per heavy atom. The molecule has 0 fully saturated rings. The number of alkyl halides is 6. The van der Waals surface area contributed by atoms with Crippen molar-refractivity contribution in [3.63, 3.8) is 0 Å². The number of aliphatic hydroxyl groups excluding tert-OH is 1. The van der Waals surface area contributed by atoms with E-state index in [1.54, 1.807) is 54.6 Å². The minimum Gasteiger partial charge on any atom is -0.384 e. The molecule has 210 valence electrons. The van der Waals surface area contributed by atoms with Crippen molar-refractivity contribution < 1.29 is 31.4 Å². The molecule has 0 aliphatic carbocycles. The van der Waals surface area contributed by atoms with Gasteiger partial charge >= 0.3 is 12.4 Å². The molecular weight excluding hydrogens is 572 g/mol. The third-order valence-electron chi connectivity index (χ3n) is 6.18. The summed E-state index contributed by atoms with van der Waals surface area (Å²) in [6.07, 6.45) is -8.36. The minimum atomic E-state index is -5.01. The van der Waals surface area contributed by atoms with Crippen LogP contribution in [0.3, 0.4) is 0 Å². The molecule has 0 spiro atoms. The van der Waals surface area contributed by atoms with Gasteiger partial charge in [0.1, 0.15) is 17.5 Å². The summed E-state index contributed by atoms with van der Waals surface area (Å²) in [4.78, 5) is 8.68. The fraction of sp³-hybridized carbons (Fsp3) is 0.143. The van der Waals surface area contributed by atoms with Crippen molar-refractivity contribution in [2.75, 3.05) is 0 Å². The van der Waals surface area contributed by atoms with Crippen LogP contribution in [0.4, 0.5) is 26.3 Å². The maximum atomic E-state index is 13.5. The Kier molecular flexibility index (Phi) is 7.54. The molecule has 0 saturated heterocycles. The summed E-state index contributed by atoms with van der Waals surface area (Å²) >= 11 is 6.30. The summed E-state index contributed by atoms with van der Waals surface area (Å²) in [5.41, 5.74) is -1.79. The van der Waals surface area contributed by atoms with Gasteiger partial charge < -0.3 is 5.11 Å². The molecule has 0 saturated carbocycles. The van der Waals surface area contributed by atoms with Gasteiger partial charge in [0.05, 0.1) is 29.1 Å². The molecule has 6 nitrogen and oxygen atoms in total. The predicted molar refractivity (Wildman–Crippen MR) is 138 cm³/mol. The van der Waals surface area contributed by atoms with Crippen LogP contribution in [0.15, 0.2) is 85.2 Å². The van der Waals surface area contributed by atoms with Gasteiger partial charge in [-0.25, -0.2) is 4.68 Å². The number of nitrogens with zero attached hydrogens (tertiary/aromatic N) is 5. The highest BCUT2D eigenvalue weighted by atomic mass is 35.5. The van der Waals surface area contributed by atoms with E-state index in [9.17, 15) is 31.4 Å². The van der Waals surface area contributed by atoms with Crippen molar-refractivity contribution in [1.82, 2.24) is 25.0 Å². The lowest BCUT2D eigenvalue weighted by atomic mass is 9.97. The van der Waals surface area contributed by atoms with Crippen molar-refractivity contribution in [2.24, 2.45) is 0 Å². The van der Waals surface area contributed by atoms with Crippen molar-refractivity contribution in [3.8, 4) is 22.8 Å².